The first-order chi connectivity index (χ1) is 8.65. The Morgan fingerprint density at radius 2 is 2.33 bits per heavy atom. The highest BCUT2D eigenvalue weighted by molar-refractivity contribution is 7.17. The molecular formula is C12H16N2O3S. The van der Waals surface area contributed by atoms with Crippen LogP contribution in [-0.4, -0.2) is 41.9 Å². The van der Waals surface area contributed by atoms with Crippen molar-refractivity contribution in [1.82, 2.24) is 4.98 Å². The molecule has 2 aliphatic rings. The van der Waals surface area contributed by atoms with E-state index in [0.717, 1.165) is 36.8 Å². The van der Waals surface area contributed by atoms with Crippen LogP contribution in [0, 0.1) is 0 Å². The van der Waals surface area contributed by atoms with Gasteiger partial charge in [-0.3, -0.25) is 0 Å². The van der Waals surface area contributed by atoms with Crippen LogP contribution in [0.3, 0.4) is 0 Å². The molecular weight excluding hydrogens is 252 g/mol. The van der Waals surface area contributed by atoms with Crippen molar-refractivity contribution in [3.05, 3.63) is 10.6 Å². The van der Waals surface area contributed by atoms with Gasteiger partial charge in [-0.1, -0.05) is 11.3 Å². The molecule has 1 saturated heterocycles. The highest BCUT2D eigenvalue weighted by Crippen LogP contribution is 2.44. The summed E-state index contributed by atoms with van der Waals surface area (Å²) in [7, 11) is 0. The highest BCUT2D eigenvalue weighted by Gasteiger charge is 2.33. The molecule has 0 spiro atoms. The van der Waals surface area contributed by atoms with Gasteiger partial charge in [0.1, 0.15) is 4.88 Å². The molecule has 1 aliphatic carbocycles. The van der Waals surface area contributed by atoms with Crippen LogP contribution in [0.5, 0.6) is 0 Å². The van der Waals surface area contributed by atoms with Gasteiger partial charge >= 0.3 is 5.97 Å². The fraction of sp³-hybridized carbons (Fsp3) is 0.667. The lowest BCUT2D eigenvalue weighted by molar-refractivity contribution is 0.0532. The summed E-state index contributed by atoms with van der Waals surface area (Å²) in [6.45, 7) is 4.29. The van der Waals surface area contributed by atoms with E-state index in [1.54, 1.807) is 0 Å². The molecule has 1 atom stereocenters. The number of hydrogen-bond donors (Lipinski definition) is 1. The molecule has 1 aromatic rings. The average Bonchev–Trinajstić information content (AvgIpc) is 3.07. The number of carboxylic acid groups (broad SMARTS) is 1. The van der Waals surface area contributed by atoms with E-state index in [1.807, 2.05) is 6.92 Å². The van der Waals surface area contributed by atoms with Crippen LogP contribution >= 0.6 is 11.3 Å². The molecule has 1 N–H and O–H groups in total. The van der Waals surface area contributed by atoms with Gasteiger partial charge < -0.3 is 14.7 Å². The standard InChI is InChI=1S/C12H16N2O3S/c1-7-6-14(4-5-17-7)12-13-9(8-2-3-8)10(18-12)11(15)16/h7-8H,2-6H2,1H3,(H,15,16). The van der Waals surface area contributed by atoms with E-state index < -0.39 is 5.97 Å². The summed E-state index contributed by atoms with van der Waals surface area (Å²) in [5.41, 5.74) is 0.793. The van der Waals surface area contributed by atoms with Gasteiger partial charge in [-0.15, -0.1) is 0 Å². The third kappa shape index (κ3) is 2.22. The third-order valence-corrected chi connectivity index (χ3v) is 4.43. The van der Waals surface area contributed by atoms with Gasteiger partial charge in [0.15, 0.2) is 5.13 Å². The van der Waals surface area contributed by atoms with Crippen molar-refractivity contribution in [3.8, 4) is 0 Å². The van der Waals surface area contributed by atoms with Gasteiger partial charge in [0, 0.05) is 19.0 Å². The zero-order valence-corrected chi connectivity index (χ0v) is 11.1. The van der Waals surface area contributed by atoms with Crippen molar-refractivity contribution in [2.75, 3.05) is 24.6 Å². The van der Waals surface area contributed by atoms with E-state index in [4.69, 9.17) is 4.74 Å². The van der Waals surface area contributed by atoms with Crippen LogP contribution < -0.4 is 4.90 Å². The first-order valence-electron chi connectivity index (χ1n) is 6.25. The Hall–Kier alpha value is -1.14. The topological polar surface area (TPSA) is 62.7 Å². The molecule has 2 heterocycles. The van der Waals surface area contributed by atoms with Crippen LogP contribution in [-0.2, 0) is 4.74 Å². The molecule has 0 aromatic carbocycles. The summed E-state index contributed by atoms with van der Waals surface area (Å²) < 4.78 is 5.49. The van der Waals surface area contributed by atoms with E-state index >= 15 is 0 Å². The average molecular weight is 268 g/mol. The Morgan fingerprint density at radius 3 is 2.94 bits per heavy atom. The summed E-state index contributed by atoms with van der Waals surface area (Å²) in [6, 6.07) is 0. The Balaban J connectivity index is 1.87. The largest absolute Gasteiger partial charge is 0.477 e. The summed E-state index contributed by atoms with van der Waals surface area (Å²) >= 11 is 1.30. The smallest absolute Gasteiger partial charge is 0.347 e. The zero-order chi connectivity index (χ0) is 12.7. The number of hydrogen-bond acceptors (Lipinski definition) is 5. The molecule has 1 unspecified atom stereocenters. The maximum absolute atomic E-state index is 11.2. The SMILES string of the molecule is CC1CN(c2nc(C3CC3)c(C(=O)O)s2)CCO1. The first-order valence-corrected chi connectivity index (χ1v) is 7.07. The van der Waals surface area contributed by atoms with E-state index in [0.29, 0.717) is 17.4 Å². The Bertz CT molecular complexity index is 470. The number of rotatable bonds is 3. The molecule has 0 bridgehead atoms. The molecule has 18 heavy (non-hydrogen) atoms. The minimum absolute atomic E-state index is 0.181. The molecule has 3 rings (SSSR count). The van der Waals surface area contributed by atoms with Crippen molar-refractivity contribution in [1.29, 1.82) is 0 Å². The van der Waals surface area contributed by atoms with Crippen LogP contribution in [0.2, 0.25) is 0 Å². The second kappa shape index (κ2) is 4.51. The van der Waals surface area contributed by atoms with Crippen molar-refractivity contribution in [3.63, 3.8) is 0 Å². The Morgan fingerprint density at radius 1 is 1.56 bits per heavy atom. The number of carboxylic acids is 1. The maximum Gasteiger partial charge on any atom is 0.347 e. The second-order valence-electron chi connectivity index (χ2n) is 4.92. The fourth-order valence-corrected chi connectivity index (χ4v) is 3.26. The first kappa shape index (κ1) is 11.9. The predicted molar refractivity (Wildman–Crippen MR) is 68.7 cm³/mol. The van der Waals surface area contributed by atoms with Gasteiger partial charge in [-0.05, 0) is 19.8 Å². The lowest BCUT2D eigenvalue weighted by Crippen LogP contribution is -2.41. The third-order valence-electron chi connectivity index (χ3n) is 3.31. The van der Waals surface area contributed by atoms with Crippen molar-refractivity contribution < 1.29 is 14.6 Å². The van der Waals surface area contributed by atoms with Crippen LogP contribution in [0.15, 0.2) is 0 Å². The normalized spacial score (nSPS) is 24.3. The molecule has 2 fully saturated rings. The summed E-state index contributed by atoms with van der Waals surface area (Å²) in [4.78, 5) is 18.4. The van der Waals surface area contributed by atoms with Crippen LogP contribution in [0.1, 0.15) is 41.0 Å². The maximum atomic E-state index is 11.2. The molecule has 5 nitrogen and oxygen atoms in total. The second-order valence-corrected chi connectivity index (χ2v) is 5.90. The summed E-state index contributed by atoms with van der Waals surface area (Å²) in [6.07, 6.45) is 2.33. The number of nitrogens with zero attached hydrogens (tertiary/aromatic N) is 2. The number of carbonyl (C=O) groups is 1. The molecule has 1 aromatic heterocycles. The van der Waals surface area contributed by atoms with Gasteiger partial charge in [0.25, 0.3) is 0 Å². The molecule has 0 amide bonds. The van der Waals surface area contributed by atoms with Crippen LogP contribution in [0.25, 0.3) is 0 Å². The van der Waals surface area contributed by atoms with Gasteiger partial charge in [-0.2, -0.15) is 0 Å². The number of anilines is 1. The monoisotopic (exact) mass is 268 g/mol. The zero-order valence-electron chi connectivity index (χ0n) is 10.3. The van der Waals surface area contributed by atoms with Crippen LogP contribution in [0.4, 0.5) is 5.13 Å². The lowest BCUT2D eigenvalue weighted by atomic mass is 10.2. The van der Waals surface area contributed by atoms with E-state index in [9.17, 15) is 9.90 Å². The van der Waals surface area contributed by atoms with Gasteiger partial charge in [0.05, 0.1) is 18.4 Å². The molecule has 1 aliphatic heterocycles. The number of aromatic nitrogens is 1. The number of thiazole rings is 1. The molecule has 0 radical (unpaired) electrons. The lowest BCUT2D eigenvalue weighted by Gasteiger charge is -2.30. The minimum Gasteiger partial charge on any atom is -0.477 e. The summed E-state index contributed by atoms with van der Waals surface area (Å²) in [5.74, 6) is -0.471. The molecule has 98 valence electrons. The van der Waals surface area contributed by atoms with Crippen molar-refractivity contribution in [2.45, 2.75) is 31.8 Å². The fourth-order valence-electron chi connectivity index (χ4n) is 2.23. The van der Waals surface area contributed by atoms with Crippen molar-refractivity contribution >= 4 is 22.4 Å². The predicted octanol–water partition coefficient (Wildman–Crippen LogP) is 1.94. The summed E-state index contributed by atoms with van der Waals surface area (Å²) in [5, 5.41) is 10.1. The van der Waals surface area contributed by atoms with E-state index in [2.05, 4.69) is 9.88 Å². The van der Waals surface area contributed by atoms with E-state index in [-0.39, 0.29) is 6.10 Å². The van der Waals surface area contributed by atoms with Gasteiger partial charge in [0.2, 0.25) is 0 Å². The van der Waals surface area contributed by atoms with E-state index in [1.165, 1.54) is 11.3 Å². The van der Waals surface area contributed by atoms with Crippen molar-refractivity contribution in [2.24, 2.45) is 0 Å². The Labute approximate surface area is 109 Å². The quantitative estimate of drug-likeness (QED) is 0.907. The number of morpholine rings is 1. The number of aromatic carboxylic acids is 1. The molecule has 1 saturated carbocycles. The van der Waals surface area contributed by atoms with Gasteiger partial charge in [-0.25, -0.2) is 9.78 Å². The highest BCUT2D eigenvalue weighted by atomic mass is 32.1. The Kier molecular flexibility index (Phi) is 2.99. The minimum atomic E-state index is -0.845. The number of ether oxygens (including phenoxy) is 1. The molecule has 6 heteroatoms.